The first-order valence-corrected chi connectivity index (χ1v) is 6.86. The SMILES string of the molecule is CN(CC1(O)CCOCC1)c1ccc(N)cc1Br. The quantitative estimate of drug-likeness (QED) is 0.838. The summed E-state index contributed by atoms with van der Waals surface area (Å²) in [5.41, 5.74) is 6.82. The van der Waals surface area contributed by atoms with Crippen molar-refractivity contribution in [3.8, 4) is 0 Å². The number of aliphatic hydroxyl groups is 1. The van der Waals surface area contributed by atoms with Crippen molar-refractivity contribution < 1.29 is 9.84 Å². The minimum Gasteiger partial charge on any atom is -0.399 e. The fraction of sp³-hybridized carbons (Fsp3) is 0.538. The summed E-state index contributed by atoms with van der Waals surface area (Å²) in [6.45, 7) is 1.86. The molecule has 5 heteroatoms. The maximum atomic E-state index is 10.5. The lowest BCUT2D eigenvalue weighted by Gasteiger charge is -2.36. The minimum atomic E-state index is -0.659. The number of nitrogens with zero attached hydrogens (tertiary/aromatic N) is 1. The monoisotopic (exact) mass is 314 g/mol. The summed E-state index contributed by atoms with van der Waals surface area (Å²) in [5.74, 6) is 0. The van der Waals surface area contributed by atoms with E-state index < -0.39 is 5.60 Å². The fourth-order valence-electron chi connectivity index (χ4n) is 2.27. The third-order valence-electron chi connectivity index (χ3n) is 3.34. The van der Waals surface area contributed by atoms with Gasteiger partial charge in [-0.05, 0) is 34.1 Å². The molecule has 1 aromatic carbocycles. The van der Waals surface area contributed by atoms with Crippen molar-refractivity contribution in [3.63, 3.8) is 0 Å². The van der Waals surface area contributed by atoms with Gasteiger partial charge in [0, 0.05) is 49.8 Å². The summed E-state index contributed by atoms with van der Waals surface area (Å²) >= 11 is 3.50. The van der Waals surface area contributed by atoms with Gasteiger partial charge in [-0.25, -0.2) is 0 Å². The highest BCUT2D eigenvalue weighted by Gasteiger charge is 2.31. The van der Waals surface area contributed by atoms with Crippen LogP contribution in [-0.4, -0.2) is 37.5 Å². The van der Waals surface area contributed by atoms with E-state index >= 15 is 0 Å². The molecule has 100 valence electrons. The highest BCUT2D eigenvalue weighted by molar-refractivity contribution is 9.10. The van der Waals surface area contributed by atoms with Crippen molar-refractivity contribution in [1.82, 2.24) is 0 Å². The van der Waals surface area contributed by atoms with Crippen LogP contribution in [0.5, 0.6) is 0 Å². The molecular formula is C13H19BrN2O2. The molecular weight excluding hydrogens is 296 g/mol. The Bertz CT molecular complexity index is 419. The Balaban J connectivity index is 2.08. The highest BCUT2D eigenvalue weighted by atomic mass is 79.9. The van der Waals surface area contributed by atoms with Crippen molar-refractivity contribution in [2.45, 2.75) is 18.4 Å². The first-order chi connectivity index (χ1) is 8.50. The van der Waals surface area contributed by atoms with Gasteiger partial charge in [0.1, 0.15) is 0 Å². The Morgan fingerprint density at radius 2 is 2.11 bits per heavy atom. The number of nitrogens with two attached hydrogens (primary N) is 1. The van der Waals surface area contributed by atoms with Crippen molar-refractivity contribution in [1.29, 1.82) is 0 Å². The molecule has 0 aliphatic carbocycles. The smallest absolute Gasteiger partial charge is 0.0865 e. The molecule has 2 rings (SSSR count). The lowest BCUT2D eigenvalue weighted by Crippen LogP contribution is -2.45. The summed E-state index contributed by atoms with van der Waals surface area (Å²) in [6, 6.07) is 5.70. The predicted octanol–water partition coefficient (Wildman–Crippen LogP) is 2.01. The van der Waals surface area contributed by atoms with Crippen LogP contribution < -0.4 is 10.6 Å². The van der Waals surface area contributed by atoms with Crippen molar-refractivity contribution in [2.75, 3.05) is 37.4 Å². The lowest BCUT2D eigenvalue weighted by molar-refractivity contribution is -0.0572. The van der Waals surface area contributed by atoms with Gasteiger partial charge >= 0.3 is 0 Å². The van der Waals surface area contributed by atoms with E-state index in [2.05, 4.69) is 20.8 Å². The Labute approximate surface area is 116 Å². The summed E-state index contributed by atoms with van der Waals surface area (Å²) in [5, 5.41) is 10.5. The van der Waals surface area contributed by atoms with Gasteiger partial charge in [0.05, 0.1) is 11.3 Å². The molecule has 0 atom stereocenters. The third kappa shape index (κ3) is 3.16. The standard InChI is InChI=1S/C13H19BrN2O2/c1-16(9-13(17)4-6-18-7-5-13)12-3-2-10(15)8-11(12)14/h2-3,8,17H,4-7,9,15H2,1H3. The van der Waals surface area contributed by atoms with Crippen LogP contribution in [0.15, 0.2) is 22.7 Å². The summed E-state index contributed by atoms with van der Waals surface area (Å²) in [7, 11) is 1.98. The molecule has 0 bridgehead atoms. The Kier molecular flexibility index (Phi) is 4.14. The van der Waals surface area contributed by atoms with Gasteiger partial charge < -0.3 is 20.5 Å². The van der Waals surface area contributed by atoms with Gasteiger partial charge in [0.25, 0.3) is 0 Å². The molecule has 1 fully saturated rings. The average Bonchev–Trinajstić information content (AvgIpc) is 2.28. The zero-order chi connectivity index (χ0) is 13.2. The maximum Gasteiger partial charge on any atom is 0.0865 e. The van der Waals surface area contributed by atoms with E-state index in [1.165, 1.54) is 0 Å². The van der Waals surface area contributed by atoms with E-state index in [0.717, 1.165) is 15.8 Å². The summed E-state index contributed by atoms with van der Waals surface area (Å²) in [4.78, 5) is 2.05. The van der Waals surface area contributed by atoms with Crippen molar-refractivity contribution in [3.05, 3.63) is 22.7 Å². The van der Waals surface area contributed by atoms with Crippen LogP contribution in [0, 0.1) is 0 Å². The first-order valence-electron chi connectivity index (χ1n) is 6.06. The first kappa shape index (κ1) is 13.6. The zero-order valence-corrected chi connectivity index (χ0v) is 12.1. The van der Waals surface area contributed by atoms with Crippen LogP contribution in [0.3, 0.4) is 0 Å². The van der Waals surface area contributed by atoms with Crippen LogP contribution in [0.2, 0.25) is 0 Å². The van der Waals surface area contributed by atoms with Gasteiger partial charge in [-0.15, -0.1) is 0 Å². The fourth-order valence-corrected chi connectivity index (χ4v) is 2.97. The van der Waals surface area contributed by atoms with E-state index in [4.69, 9.17) is 10.5 Å². The zero-order valence-electron chi connectivity index (χ0n) is 10.5. The van der Waals surface area contributed by atoms with Crippen LogP contribution in [0.1, 0.15) is 12.8 Å². The predicted molar refractivity (Wildman–Crippen MR) is 76.8 cm³/mol. The van der Waals surface area contributed by atoms with E-state index in [1.807, 2.05) is 25.2 Å². The molecule has 0 unspecified atom stereocenters. The molecule has 3 N–H and O–H groups in total. The normalized spacial score (nSPS) is 18.6. The number of nitrogen functional groups attached to an aromatic ring is 1. The molecule has 1 aliphatic rings. The molecule has 1 saturated heterocycles. The van der Waals surface area contributed by atoms with Crippen LogP contribution in [-0.2, 0) is 4.74 Å². The van der Waals surface area contributed by atoms with E-state index in [9.17, 15) is 5.11 Å². The summed E-state index contributed by atoms with van der Waals surface area (Å²) < 4.78 is 6.23. The molecule has 1 aromatic rings. The largest absolute Gasteiger partial charge is 0.399 e. The van der Waals surface area contributed by atoms with Gasteiger partial charge in [0.15, 0.2) is 0 Å². The van der Waals surface area contributed by atoms with E-state index in [0.29, 0.717) is 32.6 Å². The van der Waals surface area contributed by atoms with Gasteiger partial charge in [-0.1, -0.05) is 0 Å². The van der Waals surface area contributed by atoms with Crippen LogP contribution in [0.4, 0.5) is 11.4 Å². The Morgan fingerprint density at radius 1 is 1.44 bits per heavy atom. The third-order valence-corrected chi connectivity index (χ3v) is 3.97. The second-order valence-electron chi connectivity index (χ2n) is 4.90. The average molecular weight is 315 g/mol. The minimum absolute atomic E-state index is 0.596. The van der Waals surface area contributed by atoms with Gasteiger partial charge in [-0.2, -0.15) is 0 Å². The number of hydrogen-bond acceptors (Lipinski definition) is 4. The number of hydrogen-bond donors (Lipinski definition) is 2. The topological polar surface area (TPSA) is 58.7 Å². The number of halogens is 1. The number of likely N-dealkylation sites (N-methyl/N-ethyl adjacent to an activating group) is 1. The molecule has 0 spiro atoms. The maximum absolute atomic E-state index is 10.5. The highest BCUT2D eigenvalue weighted by Crippen LogP contribution is 2.30. The Hall–Kier alpha value is -0.780. The molecule has 18 heavy (non-hydrogen) atoms. The molecule has 4 nitrogen and oxygen atoms in total. The van der Waals surface area contributed by atoms with E-state index in [1.54, 1.807) is 0 Å². The molecule has 0 saturated carbocycles. The number of ether oxygens (including phenoxy) is 1. The summed E-state index contributed by atoms with van der Waals surface area (Å²) in [6.07, 6.45) is 1.37. The molecule has 1 aliphatic heterocycles. The molecule has 0 radical (unpaired) electrons. The molecule has 0 amide bonds. The van der Waals surface area contributed by atoms with Crippen molar-refractivity contribution >= 4 is 27.3 Å². The lowest BCUT2D eigenvalue weighted by atomic mass is 9.94. The number of anilines is 2. The molecule has 0 aromatic heterocycles. The van der Waals surface area contributed by atoms with Gasteiger partial charge in [-0.3, -0.25) is 0 Å². The van der Waals surface area contributed by atoms with Crippen molar-refractivity contribution in [2.24, 2.45) is 0 Å². The number of rotatable bonds is 3. The Morgan fingerprint density at radius 3 is 2.72 bits per heavy atom. The van der Waals surface area contributed by atoms with E-state index in [-0.39, 0.29) is 0 Å². The van der Waals surface area contributed by atoms with Crippen LogP contribution in [0.25, 0.3) is 0 Å². The second-order valence-corrected chi connectivity index (χ2v) is 5.76. The number of benzene rings is 1. The second kappa shape index (κ2) is 5.47. The van der Waals surface area contributed by atoms with Gasteiger partial charge in [0.2, 0.25) is 0 Å². The molecule has 1 heterocycles. The van der Waals surface area contributed by atoms with Crippen LogP contribution >= 0.6 is 15.9 Å².